The van der Waals surface area contributed by atoms with Crippen LogP contribution in [0.2, 0.25) is 0 Å². The Hall–Kier alpha value is -2.83. The number of nitrogens with one attached hydrogen (secondary N) is 3. The van der Waals surface area contributed by atoms with E-state index in [-0.39, 0.29) is 4.77 Å². The number of aliphatic hydroxyl groups is 11. The van der Waals surface area contributed by atoms with Gasteiger partial charge in [0.2, 0.25) is 5.91 Å². The second-order valence-corrected chi connectivity index (χ2v) is 22.5. The maximum atomic E-state index is 12.4. The highest BCUT2D eigenvalue weighted by Gasteiger charge is 2.52. The highest BCUT2D eigenvalue weighted by atomic mass is 32.1. The molecular weight excluding hydrogens is 1140 g/mol. The van der Waals surface area contributed by atoms with Gasteiger partial charge in [0.1, 0.15) is 85.4 Å². The van der Waals surface area contributed by atoms with Crippen molar-refractivity contribution in [3.05, 3.63) is 60.5 Å². The van der Waals surface area contributed by atoms with E-state index in [1.807, 2.05) is 4.98 Å². The molecule has 4 aliphatic rings. The zero-order valence-corrected chi connectivity index (χ0v) is 42.1. The number of aliphatic hydroxyl groups excluding tert-OH is 11. The van der Waals surface area contributed by atoms with Gasteiger partial charge in [-0.05, 0) is 12.2 Å². The molecule has 6 rings (SSSR count). The molecule has 22 atom stereocenters. The van der Waals surface area contributed by atoms with Crippen LogP contribution in [0.3, 0.4) is 0 Å². The molecule has 1 amide bonds. The lowest BCUT2D eigenvalue weighted by atomic mass is 9.97. The maximum Gasteiger partial charge on any atom is 0.483 e. The minimum Gasteiger partial charge on any atom is -0.394 e. The first-order valence-electron chi connectivity index (χ1n) is 21.0. The van der Waals surface area contributed by atoms with Crippen LogP contribution in [0.4, 0.5) is 0 Å². The minimum absolute atomic E-state index is 0.164. The van der Waals surface area contributed by atoms with E-state index in [9.17, 15) is 108 Å². The lowest BCUT2D eigenvalue weighted by molar-refractivity contribution is -0.280. The van der Waals surface area contributed by atoms with Crippen LogP contribution >= 0.6 is 43.5 Å². The molecule has 2 aromatic rings. The van der Waals surface area contributed by atoms with Crippen molar-refractivity contribution in [1.82, 2.24) is 24.4 Å². The summed E-state index contributed by atoms with van der Waals surface area (Å²) >= 11 is 4.95. The standard InChI is InChI=1S/C17H27N3O17P2.C15H24N2O16P2S/c1-6(22)18-10-13(26)11(24)7(4-21)35-16(10)36-39(31,32)37-38(29,30)33-5-8-12(25)14(27)15(34-8)20-3-2-9(23)19-17(20)28;18-3-5-8(20)10(22)12(24)14(31-5)32-35(27,28)33-34(25,26)29-4-6-9(21)11(23)13(30-6)17-2-1-7(19)16-15(17)36/h2-3,7-8,10-16,21,24-27H,4-5H2,1H3,(H,18,22)(H,29,30)(H,31,32)(H,19,23,28);1-2,5-6,8-14,18,20-24H,3-4H2,(H,25,26)(H,27,28)(H,16,19,36)/t7-,8-,10-,11-,12-,13-,14-,15-,16-;5-,6-,8-,9-,10+,11-,12-,13-,14-/m11/s1. The number of ether oxygens (including phenoxy) is 4. The number of phosphoric ester groups is 4. The van der Waals surface area contributed by atoms with Gasteiger partial charge in [0, 0.05) is 31.5 Å². The number of carbonyl (C=O) groups excluding carboxylic acids is 1. The fraction of sp³-hybridized carbons (Fsp3) is 0.719. The summed E-state index contributed by atoms with van der Waals surface area (Å²) < 4.78 is 97.8. The Balaban J connectivity index is 0.000000278. The maximum absolute atomic E-state index is 12.4. The van der Waals surface area contributed by atoms with E-state index in [1.165, 1.54) is 6.20 Å². The topological polar surface area (TPSA) is 586 Å². The predicted octanol–water partition coefficient (Wildman–Crippen LogP) is -8.07. The third-order valence-corrected chi connectivity index (χ3v) is 16.2. The smallest absolute Gasteiger partial charge is 0.394 e. The first-order valence-corrected chi connectivity index (χ1v) is 27.4. The van der Waals surface area contributed by atoms with Gasteiger partial charge in [0.15, 0.2) is 29.8 Å². The number of aromatic nitrogens is 4. The first-order chi connectivity index (χ1) is 34.7. The number of nitrogens with zero attached hydrogens (tertiary/aromatic N) is 2. The number of carbonyl (C=O) groups is 1. The van der Waals surface area contributed by atoms with Crippen molar-refractivity contribution in [2.75, 3.05) is 26.4 Å². The van der Waals surface area contributed by atoms with Crippen LogP contribution in [0.5, 0.6) is 0 Å². The van der Waals surface area contributed by atoms with Crippen LogP contribution in [0.25, 0.3) is 0 Å². The van der Waals surface area contributed by atoms with E-state index in [0.717, 1.165) is 34.4 Å². The lowest BCUT2D eigenvalue weighted by Crippen LogP contribution is -2.64. The summed E-state index contributed by atoms with van der Waals surface area (Å²) in [7, 11) is -22.1. The van der Waals surface area contributed by atoms with E-state index >= 15 is 0 Å². The Morgan fingerprint density at radius 2 is 1.00 bits per heavy atom. The molecule has 43 heteroatoms. The molecule has 0 radical (unpaired) electrons. The second-order valence-electron chi connectivity index (χ2n) is 16.1. The lowest BCUT2D eigenvalue weighted by Gasteiger charge is -2.42. The van der Waals surface area contributed by atoms with Crippen molar-refractivity contribution in [1.29, 1.82) is 0 Å². The van der Waals surface area contributed by atoms with Crippen molar-refractivity contribution < 1.29 is 144 Å². The Bertz CT molecular complexity index is 2730. The SMILES string of the molecule is CC(=O)N[C@H]1[C@@H](OP(=O)(O)OP(=O)(O)OC[C@H]2O[C@@H](n3ccc(=O)[nH]c3=O)[C@H](O)[C@@H]2O)O[C@H](CO)[C@@H](O)[C@@H]1O.O=c1ccn([C@@H]2O[C@H](COP(=O)(O)OP(=O)(O)O[C@H]3O[C@H](CO)[C@@H](O)[C@H](O)[C@H]3O)[C@@H](O)[C@H]2O)c(=S)[nH]1. The van der Waals surface area contributed by atoms with Gasteiger partial charge in [-0.15, -0.1) is 0 Å². The average Bonchev–Trinajstić information content (AvgIpc) is 3.75. The van der Waals surface area contributed by atoms with E-state index < -0.39 is 191 Å². The van der Waals surface area contributed by atoms with Crippen LogP contribution in [0, 0.1) is 4.77 Å². The van der Waals surface area contributed by atoms with Crippen LogP contribution in [0.15, 0.2) is 38.9 Å². The normalized spacial score (nSPS) is 37.2. The van der Waals surface area contributed by atoms with Gasteiger partial charge in [0.25, 0.3) is 11.1 Å². The summed E-state index contributed by atoms with van der Waals surface area (Å²) in [5, 5.41) is 111. The summed E-state index contributed by atoms with van der Waals surface area (Å²) in [6.45, 7) is -2.78. The van der Waals surface area contributed by atoms with Gasteiger partial charge in [-0.25, -0.2) is 23.1 Å². The van der Waals surface area contributed by atoms with Gasteiger partial charge >= 0.3 is 37.0 Å². The Morgan fingerprint density at radius 3 is 1.45 bits per heavy atom. The van der Waals surface area contributed by atoms with E-state index in [4.69, 9.17) is 36.3 Å². The van der Waals surface area contributed by atoms with Crippen LogP contribution in [-0.2, 0) is 68.7 Å². The number of rotatable bonds is 19. The molecule has 0 bridgehead atoms. The molecule has 0 spiro atoms. The molecule has 38 nitrogen and oxygen atoms in total. The molecule has 0 aromatic carbocycles. The molecule has 0 aliphatic carbocycles. The molecule has 4 fully saturated rings. The van der Waals surface area contributed by atoms with Crippen molar-refractivity contribution in [2.24, 2.45) is 0 Å². The van der Waals surface area contributed by atoms with Crippen LogP contribution in [-0.4, -0.2) is 225 Å². The molecule has 0 saturated carbocycles. The zero-order chi connectivity index (χ0) is 56.3. The summed E-state index contributed by atoms with van der Waals surface area (Å²) in [6.07, 6.45) is -27.6. The fourth-order valence-corrected chi connectivity index (χ4v) is 11.7. The fourth-order valence-electron chi connectivity index (χ4n) is 7.11. The summed E-state index contributed by atoms with van der Waals surface area (Å²) in [4.78, 5) is 89.6. The summed E-state index contributed by atoms with van der Waals surface area (Å²) in [5.74, 6) is -0.796. The summed E-state index contributed by atoms with van der Waals surface area (Å²) in [5.41, 5.74) is -2.29. The predicted molar refractivity (Wildman–Crippen MR) is 234 cm³/mol. The molecule has 4 unspecified atom stereocenters. The van der Waals surface area contributed by atoms with Crippen molar-refractivity contribution in [3.63, 3.8) is 0 Å². The van der Waals surface area contributed by atoms with E-state index in [1.54, 1.807) is 0 Å². The molecule has 4 aliphatic heterocycles. The second kappa shape index (κ2) is 25.5. The van der Waals surface area contributed by atoms with Gasteiger partial charge in [-0.3, -0.25) is 51.6 Å². The van der Waals surface area contributed by atoms with Gasteiger partial charge in [0.05, 0.1) is 26.4 Å². The number of hydrogen-bond donors (Lipinski definition) is 18. The Morgan fingerprint density at radius 1 is 0.587 bits per heavy atom. The third kappa shape index (κ3) is 16.2. The minimum atomic E-state index is -5.63. The number of aromatic amines is 2. The monoisotopic (exact) mass is 1190 g/mol. The molecule has 2 aromatic heterocycles. The third-order valence-electron chi connectivity index (χ3n) is 10.7. The number of H-pyrrole nitrogens is 2. The highest BCUT2D eigenvalue weighted by Crippen LogP contribution is 2.63. The van der Waals surface area contributed by atoms with Crippen LogP contribution < -0.4 is 22.1 Å². The van der Waals surface area contributed by atoms with E-state index in [2.05, 4.69) is 37.0 Å². The average molecular weight is 1190 g/mol. The quantitative estimate of drug-likeness (QED) is 0.0459. The molecule has 4 saturated heterocycles. The van der Waals surface area contributed by atoms with Gasteiger partial charge in [-0.1, -0.05) is 0 Å². The molecule has 428 valence electrons. The first kappa shape index (κ1) is 63.0. The Labute approximate surface area is 421 Å². The van der Waals surface area contributed by atoms with Crippen LogP contribution in [0.1, 0.15) is 19.4 Å². The number of amides is 1. The van der Waals surface area contributed by atoms with Crippen molar-refractivity contribution >= 4 is 49.4 Å². The zero-order valence-electron chi connectivity index (χ0n) is 37.7. The largest absolute Gasteiger partial charge is 0.483 e. The van der Waals surface area contributed by atoms with Crippen molar-refractivity contribution in [3.8, 4) is 0 Å². The van der Waals surface area contributed by atoms with E-state index in [0.29, 0.717) is 0 Å². The number of phosphoric acid groups is 4. The number of hydrogen-bond acceptors (Lipinski definition) is 30. The summed E-state index contributed by atoms with van der Waals surface area (Å²) in [6, 6.07) is 0.295. The van der Waals surface area contributed by atoms with Gasteiger partial charge < -0.3 is 100 Å². The van der Waals surface area contributed by atoms with Gasteiger partial charge in [-0.2, -0.15) is 8.62 Å². The molecule has 75 heavy (non-hydrogen) atoms. The molecular formula is C32H51N5O33P4S. The molecule has 6 heterocycles. The molecule has 18 N–H and O–H groups in total. The Kier molecular flexibility index (Phi) is 21.4. The van der Waals surface area contributed by atoms with Crippen molar-refractivity contribution in [2.45, 2.75) is 117 Å². The highest BCUT2D eigenvalue weighted by molar-refractivity contribution is 7.71.